The lowest BCUT2D eigenvalue weighted by molar-refractivity contribution is -0.104. The van der Waals surface area contributed by atoms with Gasteiger partial charge in [-0.05, 0) is 36.6 Å². The first-order valence-corrected chi connectivity index (χ1v) is 5.37. The van der Waals surface area contributed by atoms with Crippen molar-refractivity contribution in [2.24, 2.45) is 0 Å². The minimum Gasteiger partial charge on any atom is -0.371 e. The molecule has 2 heteroatoms. The lowest BCUT2D eigenvalue weighted by atomic mass is 10.1. The first-order valence-electron chi connectivity index (χ1n) is 5.37. The van der Waals surface area contributed by atoms with Gasteiger partial charge >= 0.3 is 0 Å². The van der Waals surface area contributed by atoms with Gasteiger partial charge in [0, 0.05) is 18.8 Å². The van der Waals surface area contributed by atoms with Crippen LogP contribution in [0.1, 0.15) is 18.4 Å². The van der Waals surface area contributed by atoms with Gasteiger partial charge in [-0.3, -0.25) is 4.79 Å². The number of carbonyl (C=O) groups is 1. The summed E-state index contributed by atoms with van der Waals surface area (Å²) in [5, 5.41) is 0. The van der Waals surface area contributed by atoms with E-state index >= 15 is 0 Å². The second-order valence-corrected chi connectivity index (χ2v) is 3.75. The first-order chi connectivity index (χ1) is 7.42. The number of benzene rings is 1. The quantitative estimate of drug-likeness (QED) is 0.553. The molecule has 0 spiro atoms. The Morgan fingerprint density at radius 2 is 1.87 bits per heavy atom. The number of hydrogen-bond donors (Lipinski definition) is 0. The molecule has 2 rings (SSSR count). The number of allylic oxidation sites excluding steroid dienone is 1. The summed E-state index contributed by atoms with van der Waals surface area (Å²) >= 11 is 0. The van der Waals surface area contributed by atoms with Gasteiger partial charge in [0.25, 0.3) is 0 Å². The molecule has 1 aliphatic rings. The van der Waals surface area contributed by atoms with Crippen LogP contribution in [-0.2, 0) is 4.79 Å². The second-order valence-electron chi connectivity index (χ2n) is 3.75. The van der Waals surface area contributed by atoms with E-state index in [0.29, 0.717) is 0 Å². The summed E-state index contributed by atoms with van der Waals surface area (Å²) in [6, 6.07) is 8.22. The SMILES string of the molecule is O=C/C=C/c1ccccc1N1CCCC1. The third-order valence-electron chi connectivity index (χ3n) is 2.74. The molecule has 1 saturated heterocycles. The smallest absolute Gasteiger partial charge is 0.142 e. The fraction of sp³-hybridized carbons (Fsp3) is 0.308. The Balaban J connectivity index is 2.28. The van der Waals surface area contributed by atoms with Crippen LogP contribution in [0.3, 0.4) is 0 Å². The van der Waals surface area contributed by atoms with Crippen molar-refractivity contribution in [3.05, 3.63) is 35.9 Å². The van der Waals surface area contributed by atoms with Gasteiger partial charge in [-0.1, -0.05) is 18.2 Å². The molecule has 1 aromatic carbocycles. The Morgan fingerprint density at radius 3 is 2.60 bits per heavy atom. The third kappa shape index (κ3) is 2.27. The van der Waals surface area contributed by atoms with E-state index in [4.69, 9.17) is 0 Å². The Labute approximate surface area is 90.2 Å². The molecule has 78 valence electrons. The molecule has 0 N–H and O–H groups in total. The van der Waals surface area contributed by atoms with Crippen molar-refractivity contribution in [2.75, 3.05) is 18.0 Å². The van der Waals surface area contributed by atoms with E-state index in [-0.39, 0.29) is 0 Å². The number of nitrogens with zero attached hydrogens (tertiary/aromatic N) is 1. The Hall–Kier alpha value is -1.57. The molecule has 0 amide bonds. The molecule has 1 heterocycles. The van der Waals surface area contributed by atoms with Gasteiger partial charge in [-0.15, -0.1) is 0 Å². The Morgan fingerprint density at radius 1 is 1.13 bits per heavy atom. The minimum atomic E-state index is 0.820. The average Bonchev–Trinajstić information content (AvgIpc) is 2.80. The summed E-state index contributed by atoms with van der Waals surface area (Å²) in [5.74, 6) is 0. The standard InChI is InChI=1S/C13H15NO/c15-11-5-7-12-6-1-2-8-13(12)14-9-3-4-10-14/h1-2,5-8,11H,3-4,9-10H2/b7-5+. The van der Waals surface area contributed by atoms with Crippen LogP contribution in [0.5, 0.6) is 0 Å². The van der Waals surface area contributed by atoms with E-state index < -0.39 is 0 Å². The summed E-state index contributed by atoms with van der Waals surface area (Å²) < 4.78 is 0. The molecular formula is C13H15NO. The number of hydrogen-bond acceptors (Lipinski definition) is 2. The van der Waals surface area contributed by atoms with Crippen molar-refractivity contribution < 1.29 is 4.79 Å². The number of aldehydes is 1. The van der Waals surface area contributed by atoms with E-state index in [2.05, 4.69) is 11.0 Å². The summed E-state index contributed by atoms with van der Waals surface area (Å²) in [5.41, 5.74) is 2.37. The number of carbonyl (C=O) groups excluding carboxylic acids is 1. The average molecular weight is 201 g/mol. The van der Waals surface area contributed by atoms with E-state index in [1.807, 2.05) is 24.3 Å². The molecule has 0 radical (unpaired) electrons. The van der Waals surface area contributed by atoms with Crippen LogP contribution in [0.25, 0.3) is 6.08 Å². The van der Waals surface area contributed by atoms with E-state index in [0.717, 1.165) is 24.9 Å². The van der Waals surface area contributed by atoms with Crippen LogP contribution in [0.4, 0.5) is 5.69 Å². The van der Waals surface area contributed by atoms with Crippen molar-refractivity contribution >= 4 is 18.0 Å². The zero-order valence-electron chi connectivity index (χ0n) is 8.73. The van der Waals surface area contributed by atoms with Gasteiger partial charge in [0.2, 0.25) is 0 Å². The van der Waals surface area contributed by atoms with Crippen molar-refractivity contribution in [1.82, 2.24) is 0 Å². The van der Waals surface area contributed by atoms with Crippen LogP contribution in [-0.4, -0.2) is 19.4 Å². The van der Waals surface area contributed by atoms with Crippen molar-refractivity contribution in [2.45, 2.75) is 12.8 Å². The maximum atomic E-state index is 10.3. The maximum absolute atomic E-state index is 10.3. The lowest BCUT2D eigenvalue weighted by Crippen LogP contribution is -2.18. The molecule has 1 aliphatic heterocycles. The third-order valence-corrected chi connectivity index (χ3v) is 2.74. The van der Waals surface area contributed by atoms with Crippen molar-refractivity contribution in [3.8, 4) is 0 Å². The zero-order chi connectivity index (χ0) is 10.5. The molecule has 0 bridgehead atoms. The fourth-order valence-electron chi connectivity index (χ4n) is 2.02. The van der Waals surface area contributed by atoms with Gasteiger partial charge in [-0.2, -0.15) is 0 Å². The van der Waals surface area contributed by atoms with Gasteiger partial charge in [0.05, 0.1) is 0 Å². The van der Waals surface area contributed by atoms with Gasteiger partial charge in [0.1, 0.15) is 6.29 Å². The normalized spacial score (nSPS) is 16.1. The molecule has 1 fully saturated rings. The highest BCUT2D eigenvalue weighted by Gasteiger charge is 2.13. The van der Waals surface area contributed by atoms with Gasteiger partial charge in [-0.25, -0.2) is 0 Å². The molecule has 0 saturated carbocycles. The molecule has 0 aromatic heterocycles. The topological polar surface area (TPSA) is 20.3 Å². The van der Waals surface area contributed by atoms with Gasteiger partial charge < -0.3 is 4.90 Å². The first kappa shape index (κ1) is 9.97. The second kappa shape index (κ2) is 4.78. The van der Waals surface area contributed by atoms with Crippen LogP contribution in [0, 0.1) is 0 Å². The highest BCUT2D eigenvalue weighted by molar-refractivity contribution is 5.78. The lowest BCUT2D eigenvalue weighted by Gasteiger charge is -2.19. The van der Waals surface area contributed by atoms with Crippen LogP contribution < -0.4 is 4.90 Å². The molecule has 15 heavy (non-hydrogen) atoms. The van der Waals surface area contributed by atoms with E-state index in [9.17, 15) is 4.79 Å². The minimum absolute atomic E-state index is 0.820. The maximum Gasteiger partial charge on any atom is 0.142 e. The van der Waals surface area contributed by atoms with Crippen LogP contribution >= 0.6 is 0 Å². The van der Waals surface area contributed by atoms with Crippen molar-refractivity contribution in [3.63, 3.8) is 0 Å². The monoisotopic (exact) mass is 201 g/mol. The number of para-hydroxylation sites is 1. The number of anilines is 1. The molecule has 2 nitrogen and oxygen atoms in total. The number of rotatable bonds is 3. The molecule has 0 aliphatic carbocycles. The molecule has 0 unspecified atom stereocenters. The Bertz CT molecular complexity index is 365. The molecular weight excluding hydrogens is 186 g/mol. The van der Waals surface area contributed by atoms with Crippen LogP contribution in [0.15, 0.2) is 30.3 Å². The van der Waals surface area contributed by atoms with Crippen molar-refractivity contribution in [1.29, 1.82) is 0 Å². The van der Waals surface area contributed by atoms with E-state index in [1.165, 1.54) is 18.5 Å². The van der Waals surface area contributed by atoms with Crippen LogP contribution in [0.2, 0.25) is 0 Å². The molecule has 0 atom stereocenters. The predicted molar refractivity (Wildman–Crippen MR) is 63.0 cm³/mol. The van der Waals surface area contributed by atoms with E-state index in [1.54, 1.807) is 6.08 Å². The largest absolute Gasteiger partial charge is 0.371 e. The summed E-state index contributed by atoms with van der Waals surface area (Å²) in [6.45, 7) is 2.26. The Kier molecular flexibility index (Phi) is 3.18. The fourth-order valence-corrected chi connectivity index (χ4v) is 2.02. The highest BCUT2D eigenvalue weighted by Crippen LogP contribution is 2.25. The zero-order valence-corrected chi connectivity index (χ0v) is 8.73. The molecule has 1 aromatic rings. The summed E-state index contributed by atoms with van der Waals surface area (Å²) in [7, 11) is 0. The highest BCUT2D eigenvalue weighted by atomic mass is 16.1. The van der Waals surface area contributed by atoms with Gasteiger partial charge in [0.15, 0.2) is 0 Å². The summed E-state index contributed by atoms with van der Waals surface area (Å²) in [6.07, 6.45) is 6.79. The summed E-state index contributed by atoms with van der Waals surface area (Å²) in [4.78, 5) is 12.7. The predicted octanol–water partition coefficient (Wildman–Crippen LogP) is 2.50.